The summed E-state index contributed by atoms with van der Waals surface area (Å²) in [6.07, 6.45) is 4.57. The number of aliphatic carboxylic acids is 1. The Labute approximate surface area is 158 Å². The van der Waals surface area contributed by atoms with Crippen LogP contribution in [0.5, 0.6) is 0 Å². The maximum Gasteiger partial charge on any atom is 0.317 e. The second-order valence-electron chi connectivity index (χ2n) is 7.22. The summed E-state index contributed by atoms with van der Waals surface area (Å²) in [5.74, 6) is -0.00789. The van der Waals surface area contributed by atoms with Crippen molar-refractivity contribution in [2.45, 2.75) is 32.6 Å². The summed E-state index contributed by atoms with van der Waals surface area (Å²) in [7, 11) is 0. The Morgan fingerprint density at radius 1 is 1.23 bits per heavy atom. The van der Waals surface area contributed by atoms with E-state index in [1.165, 1.54) is 24.2 Å². The summed E-state index contributed by atoms with van der Waals surface area (Å²) in [6, 6.07) is 0. The molecule has 26 heavy (non-hydrogen) atoms. The average Bonchev–Trinajstić information content (AvgIpc) is 3.01. The molecule has 2 N–H and O–H groups in total. The summed E-state index contributed by atoms with van der Waals surface area (Å²) in [5.41, 5.74) is 0.827. The fraction of sp³-hybridized carbons (Fsp3) is 0.722. The fourth-order valence-corrected chi connectivity index (χ4v) is 4.75. The standard InChI is InChI=1S/C18H28N4O3S/c1-13-17(18(25)22-10-8-21(9-11-22)12-16(23)24)26-15(20-13)3-2-14-4-6-19-7-5-14/h14,19H,2-12H2,1H3,(H,23,24). The van der Waals surface area contributed by atoms with Gasteiger partial charge in [-0.2, -0.15) is 0 Å². The van der Waals surface area contributed by atoms with E-state index < -0.39 is 5.97 Å². The van der Waals surface area contributed by atoms with E-state index in [1.54, 1.807) is 0 Å². The zero-order chi connectivity index (χ0) is 18.5. The van der Waals surface area contributed by atoms with Gasteiger partial charge in [-0.15, -0.1) is 11.3 Å². The summed E-state index contributed by atoms with van der Waals surface area (Å²) in [6.45, 7) is 6.55. The van der Waals surface area contributed by atoms with Crippen LogP contribution in [0.2, 0.25) is 0 Å². The summed E-state index contributed by atoms with van der Waals surface area (Å²) >= 11 is 1.54. The topological polar surface area (TPSA) is 85.8 Å². The number of carboxylic acids is 1. The maximum absolute atomic E-state index is 12.8. The number of piperidine rings is 1. The van der Waals surface area contributed by atoms with Gasteiger partial charge in [-0.05, 0) is 51.6 Å². The molecule has 0 radical (unpaired) electrons. The first-order valence-electron chi connectivity index (χ1n) is 9.43. The van der Waals surface area contributed by atoms with Gasteiger partial charge in [0.15, 0.2) is 0 Å². The lowest BCUT2D eigenvalue weighted by Gasteiger charge is -2.33. The lowest BCUT2D eigenvalue weighted by Crippen LogP contribution is -2.49. The number of aromatic nitrogens is 1. The van der Waals surface area contributed by atoms with Gasteiger partial charge in [-0.25, -0.2) is 4.98 Å². The third kappa shape index (κ3) is 5.02. The first-order chi connectivity index (χ1) is 12.5. The zero-order valence-electron chi connectivity index (χ0n) is 15.4. The van der Waals surface area contributed by atoms with Gasteiger partial charge in [0, 0.05) is 26.2 Å². The lowest BCUT2D eigenvalue weighted by molar-refractivity contribution is -0.138. The molecule has 144 valence electrons. The molecule has 2 saturated heterocycles. The minimum Gasteiger partial charge on any atom is -0.480 e. The van der Waals surface area contributed by atoms with Crippen LogP contribution in [-0.4, -0.2) is 77.6 Å². The highest BCUT2D eigenvalue weighted by atomic mass is 32.1. The van der Waals surface area contributed by atoms with Crippen molar-refractivity contribution in [1.29, 1.82) is 0 Å². The van der Waals surface area contributed by atoms with Crippen LogP contribution in [0.1, 0.15) is 39.6 Å². The molecule has 3 heterocycles. The highest BCUT2D eigenvalue weighted by Crippen LogP contribution is 2.25. The van der Waals surface area contributed by atoms with Crippen molar-refractivity contribution in [3.05, 3.63) is 15.6 Å². The van der Waals surface area contributed by atoms with Crippen LogP contribution in [0.15, 0.2) is 0 Å². The minimum atomic E-state index is -0.818. The van der Waals surface area contributed by atoms with Crippen molar-refractivity contribution >= 4 is 23.2 Å². The van der Waals surface area contributed by atoms with Crippen molar-refractivity contribution in [3.8, 4) is 0 Å². The molecule has 2 aliphatic rings. The van der Waals surface area contributed by atoms with Crippen molar-refractivity contribution in [2.24, 2.45) is 5.92 Å². The number of hydrogen-bond acceptors (Lipinski definition) is 6. The lowest BCUT2D eigenvalue weighted by atomic mass is 9.93. The number of nitrogens with one attached hydrogen (secondary N) is 1. The molecule has 0 aromatic carbocycles. The van der Waals surface area contributed by atoms with E-state index in [-0.39, 0.29) is 12.5 Å². The van der Waals surface area contributed by atoms with Crippen LogP contribution in [0.3, 0.4) is 0 Å². The van der Waals surface area contributed by atoms with Gasteiger partial charge in [-0.3, -0.25) is 14.5 Å². The largest absolute Gasteiger partial charge is 0.480 e. The molecule has 0 aliphatic carbocycles. The van der Waals surface area contributed by atoms with E-state index in [0.717, 1.165) is 47.4 Å². The van der Waals surface area contributed by atoms with Gasteiger partial charge >= 0.3 is 5.97 Å². The number of thiazole rings is 1. The van der Waals surface area contributed by atoms with Crippen LogP contribution in [0.25, 0.3) is 0 Å². The third-order valence-electron chi connectivity index (χ3n) is 5.28. The van der Waals surface area contributed by atoms with E-state index >= 15 is 0 Å². The molecule has 1 aromatic heterocycles. The smallest absolute Gasteiger partial charge is 0.317 e. The summed E-state index contributed by atoms with van der Waals surface area (Å²) in [5, 5.41) is 13.3. The highest BCUT2D eigenvalue weighted by Gasteiger charge is 2.26. The molecule has 0 saturated carbocycles. The number of hydrogen-bond donors (Lipinski definition) is 2. The van der Waals surface area contributed by atoms with Gasteiger partial charge < -0.3 is 15.3 Å². The molecule has 3 rings (SSSR count). The predicted octanol–water partition coefficient (Wildman–Crippen LogP) is 1.23. The normalized spacial score (nSPS) is 19.7. The van der Waals surface area contributed by atoms with E-state index in [9.17, 15) is 9.59 Å². The molecular weight excluding hydrogens is 352 g/mol. The van der Waals surface area contributed by atoms with Crippen molar-refractivity contribution in [3.63, 3.8) is 0 Å². The third-order valence-corrected chi connectivity index (χ3v) is 6.48. The number of rotatable bonds is 6. The number of carboxylic acid groups (broad SMARTS) is 1. The van der Waals surface area contributed by atoms with Crippen molar-refractivity contribution in [2.75, 3.05) is 45.8 Å². The number of nitrogens with zero attached hydrogens (tertiary/aromatic N) is 3. The number of carbonyl (C=O) groups excluding carboxylic acids is 1. The monoisotopic (exact) mass is 380 g/mol. The second kappa shape index (κ2) is 8.92. The molecule has 1 aromatic rings. The summed E-state index contributed by atoms with van der Waals surface area (Å²) < 4.78 is 0. The first-order valence-corrected chi connectivity index (χ1v) is 10.2. The Morgan fingerprint density at radius 2 is 1.92 bits per heavy atom. The van der Waals surface area contributed by atoms with E-state index in [4.69, 9.17) is 5.11 Å². The number of aryl methyl sites for hydroxylation is 2. The van der Waals surface area contributed by atoms with Gasteiger partial charge in [0.05, 0.1) is 17.2 Å². The maximum atomic E-state index is 12.8. The molecule has 0 bridgehead atoms. The van der Waals surface area contributed by atoms with Crippen LogP contribution in [0, 0.1) is 12.8 Å². The molecule has 1 amide bonds. The zero-order valence-corrected chi connectivity index (χ0v) is 16.2. The van der Waals surface area contributed by atoms with Crippen molar-refractivity contribution in [1.82, 2.24) is 20.1 Å². The Kier molecular flexibility index (Phi) is 6.61. The molecule has 0 unspecified atom stereocenters. The fourth-order valence-electron chi connectivity index (χ4n) is 3.70. The van der Waals surface area contributed by atoms with Crippen LogP contribution in [-0.2, 0) is 11.2 Å². The SMILES string of the molecule is Cc1nc(CCC2CCNCC2)sc1C(=O)N1CCN(CC(=O)O)CC1. The Morgan fingerprint density at radius 3 is 2.58 bits per heavy atom. The van der Waals surface area contributed by atoms with Crippen molar-refractivity contribution < 1.29 is 14.7 Å². The Bertz CT molecular complexity index is 634. The minimum absolute atomic E-state index is 0.0441. The second-order valence-corrected chi connectivity index (χ2v) is 8.30. The molecular formula is C18H28N4O3S. The highest BCUT2D eigenvalue weighted by molar-refractivity contribution is 7.13. The average molecular weight is 381 g/mol. The van der Waals surface area contributed by atoms with Crippen LogP contribution in [0.4, 0.5) is 0 Å². The van der Waals surface area contributed by atoms with E-state index in [2.05, 4.69) is 10.3 Å². The molecule has 0 atom stereocenters. The first kappa shape index (κ1) is 19.3. The Balaban J connectivity index is 1.53. The Hall–Kier alpha value is -1.51. The van der Waals surface area contributed by atoms with Gasteiger partial charge in [0.1, 0.15) is 4.88 Å². The number of amides is 1. The quantitative estimate of drug-likeness (QED) is 0.772. The van der Waals surface area contributed by atoms with E-state index in [0.29, 0.717) is 26.2 Å². The molecule has 7 nitrogen and oxygen atoms in total. The van der Waals surface area contributed by atoms with Gasteiger partial charge in [0.2, 0.25) is 0 Å². The summed E-state index contributed by atoms with van der Waals surface area (Å²) in [4.78, 5) is 32.7. The van der Waals surface area contributed by atoms with Gasteiger partial charge in [0.25, 0.3) is 5.91 Å². The van der Waals surface area contributed by atoms with Crippen LogP contribution < -0.4 is 5.32 Å². The van der Waals surface area contributed by atoms with Crippen LogP contribution >= 0.6 is 11.3 Å². The number of piperazine rings is 1. The van der Waals surface area contributed by atoms with Gasteiger partial charge in [-0.1, -0.05) is 0 Å². The molecule has 8 heteroatoms. The van der Waals surface area contributed by atoms with E-state index in [1.807, 2.05) is 16.7 Å². The number of carbonyl (C=O) groups is 2. The molecule has 0 spiro atoms. The molecule has 2 fully saturated rings. The molecule has 2 aliphatic heterocycles. The predicted molar refractivity (Wildman–Crippen MR) is 101 cm³/mol.